The number of carbonyl (C=O) groups excluding carboxylic acids is 1. The van der Waals surface area contributed by atoms with Crippen LogP contribution in [-0.4, -0.2) is 48.2 Å². The molecule has 2 N–H and O–H groups in total. The molecule has 0 bridgehead atoms. The van der Waals surface area contributed by atoms with Crippen LogP contribution >= 0.6 is 0 Å². The fourth-order valence-corrected chi connectivity index (χ4v) is 4.70. The van der Waals surface area contributed by atoms with Crippen molar-refractivity contribution in [2.45, 2.75) is 43.2 Å². The van der Waals surface area contributed by atoms with Gasteiger partial charge in [0.05, 0.1) is 12.1 Å². The molecular formula is C10H16N2O4S. The molecule has 3 fully saturated rings. The number of ether oxygens (including phenoxy) is 1. The minimum Gasteiger partial charge on any atom is -0.376 e. The van der Waals surface area contributed by atoms with E-state index in [0.717, 1.165) is 10.7 Å². The summed E-state index contributed by atoms with van der Waals surface area (Å²) in [5, 5.41) is 0. The maximum Gasteiger partial charge on any atom is 0.259 e. The Morgan fingerprint density at radius 3 is 2.71 bits per heavy atom. The van der Waals surface area contributed by atoms with Gasteiger partial charge >= 0.3 is 0 Å². The highest BCUT2D eigenvalue weighted by Gasteiger charge is 2.68. The van der Waals surface area contributed by atoms with Crippen molar-refractivity contribution in [2.24, 2.45) is 11.7 Å². The van der Waals surface area contributed by atoms with Crippen LogP contribution in [0.25, 0.3) is 0 Å². The van der Waals surface area contributed by atoms with Crippen LogP contribution < -0.4 is 5.73 Å². The van der Waals surface area contributed by atoms with Gasteiger partial charge in [0.15, 0.2) is 4.75 Å². The molecule has 4 unspecified atom stereocenters. The molecule has 7 heteroatoms. The van der Waals surface area contributed by atoms with Crippen LogP contribution in [0.2, 0.25) is 0 Å². The molecule has 2 aliphatic heterocycles. The quantitative estimate of drug-likeness (QED) is 0.656. The van der Waals surface area contributed by atoms with Gasteiger partial charge in [-0.1, -0.05) is 0 Å². The van der Waals surface area contributed by atoms with Crippen molar-refractivity contribution in [3.63, 3.8) is 0 Å². The third-order valence-corrected chi connectivity index (χ3v) is 6.69. The molecule has 4 atom stereocenters. The maximum atomic E-state index is 12.0. The van der Waals surface area contributed by atoms with Gasteiger partial charge in [-0.15, -0.1) is 0 Å². The fraction of sp³-hybridized carbons (Fsp3) is 0.900. The number of sulfonamides is 1. The first kappa shape index (κ1) is 11.4. The van der Waals surface area contributed by atoms with E-state index in [-0.39, 0.29) is 24.0 Å². The van der Waals surface area contributed by atoms with Gasteiger partial charge in [-0.25, -0.2) is 12.7 Å². The second-order valence-electron chi connectivity index (χ2n) is 5.47. The number of hydrogen-bond acceptors (Lipinski definition) is 5. The SMILES string of the molecule is CC1(C)C(=O)N(C2C(N)C3CCOC32)S1(=O)=O. The predicted molar refractivity (Wildman–Crippen MR) is 59.5 cm³/mol. The Bertz CT molecular complexity index is 487. The highest BCUT2D eigenvalue weighted by Crippen LogP contribution is 2.47. The van der Waals surface area contributed by atoms with Gasteiger partial charge < -0.3 is 10.5 Å². The fourth-order valence-electron chi connectivity index (χ4n) is 3.00. The van der Waals surface area contributed by atoms with Crippen molar-refractivity contribution in [1.29, 1.82) is 0 Å². The van der Waals surface area contributed by atoms with Crippen LogP contribution in [0.5, 0.6) is 0 Å². The highest BCUT2D eigenvalue weighted by atomic mass is 32.2. The largest absolute Gasteiger partial charge is 0.376 e. The van der Waals surface area contributed by atoms with E-state index in [4.69, 9.17) is 10.5 Å². The van der Waals surface area contributed by atoms with Crippen molar-refractivity contribution in [1.82, 2.24) is 4.31 Å². The average Bonchev–Trinajstić information content (AvgIpc) is 2.68. The molecule has 0 aromatic carbocycles. The first-order valence-corrected chi connectivity index (χ1v) is 7.20. The molecule has 0 radical (unpaired) electrons. The lowest BCUT2D eigenvalue weighted by molar-refractivity contribution is -0.143. The lowest BCUT2D eigenvalue weighted by Gasteiger charge is -2.56. The van der Waals surface area contributed by atoms with Crippen molar-refractivity contribution in [3.8, 4) is 0 Å². The van der Waals surface area contributed by atoms with E-state index >= 15 is 0 Å². The molecule has 1 aliphatic carbocycles. The Morgan fingerprint density at radius 1 is 1.47 bits per heavy atom. The molecule has 1 amide bonds. The molecule has 0 spiro atoms. The van der Waals surface area contributed by atoms with Gasteiger partial charge in [-0.3, -0.25) is 4.79 Å². The van der Waals surface area contributed by atoms with Crippen LogP contribution in [0.3, 0.4) is 0 Å². The second-order valence-corrected chi connectivity index (χ2v) is 7.84. The summed E-state index contributed by atoms with van der Waals surface area (Å²) in [4.78, 5) is 11.9. The van der Waals surface area contributed by atoms with Gasteiger partial charge in [-0.2, -0.15) is 0 Å². The standard InChI is InChI=1S/C10H16N2O4S/c1-10(2)9(13)12(17(10,14)15)7-6(11)5-3-4-16-8(5)7/h5-8H,3-4,11H2,1-2H3. The van der Waals surface area contributed by atoms with E-state index in [1.165, 1.54) is 13.8 Å². The zero-order valence-electron chi connectivity index (χ0n) is 9.79. The average molecular weight is 260 g/mol. The third-order valence-electron chi connectivity index (χ3n) is 4.30. The van der Waals surface area contributed by atoms with Crippen molar-refractivity contribution >= 4 is 15.9 Å². The van der Waals surface area contributed by atoms with Crippen molar-refractivity contribution < 1.29 is 17.9 Å². The highest BCUT2D eigenvalue weighted by molar-refractivity contribution is 7.94. The Labute approximate surface area is 100 Å². The number of amides is 1. The molecule has 1 saturated carbocycles. The van der Waals surface area contributed by atoms with Crippen LogP contribution in [0.15, 0.2) is 0 Å². The van der Waals surface area contributed by atoms with Gasteiger partial charge in [0, 0.05) is 18.6 Å². The lowest BCUT2D eigenvalue weighted by atomic mass is 9.72. The third kappa shape index (κ3) is 1.08. The molecule has 6 nitrogen and oxygen atoms in total. The van der Waals surface area contributed by atoms with Gasteiger partial charge in [0.25, 0.3) is 15.9 Å². The van der Waals surface area contributed by atoms with Crippen molar-refractivity contribution in [2.75, 3.05) is 6.61 Å². The van der Waals surface area contributed by atoms with E-state index in [2.05, 4.69) is 0 Å². The number of nitrogens with two attached hydrogens (primary N) is 1. The molecule has 3 aliphatic rings. The molecule has 96 valence electrons. The van der Waals surface area contributed by atoms with Crippen LogP contribution in [0, 0.1) is 5.92 Å². The maximum absolute atomic E-state index is 12.0. The molecular weight excluding hydrogens is 244 g/mol. The lowest BCUT2D eigenvalue weighted by Crippen LogP contribution is -2.79. The normalized spacial score (nSPS) is 46.1. The Kier molecular flexibility index (Phi) is 2.03. The van der Waals surface area contributed by atoms with Gasteiger partial charge in [-0.05, 0) is 20.3 Å². The van der Waals surface area contributed by atoms with E-state index in [1.807, 2.05) is 0 Å². The van der Waals surface area contributed by atoms with Crippen LogP contribution in [-0.2, 0) is 19.6 Å². The van der Waals surface area contributed by atoms with Crippen LogP contribution in [0.1, 0.15) is 20.3 Å². The molecule has 2 heterocycles. The first-order chi connectivity index (χ1) is 7.80. The van der Waals surface area contributed by atoms with E-state index in [1.54, 1.807) is 0 Å². The van der Waals surface area contributed by atoms with E-state index < -0.39 is 20.8 Å². The van der Waals surface area contributed by atoms with E-state index in [9.17, 15) is 13.2 Å². The van der Waals surface area contributed by atoms with Crippen LogP contribution in [0.4, 0.5) is 0 Å². The number of fused-ring (bicyclic) bond motifs is 1. The molecule has 0 aromatic rings. The zero-order chi connectivity index (χ0) is 12.6. The summed E-state index contributed by atoms with van der Waals surface area (Å²) in [6, 6.07) is -0.773. The number of rotatable bonds is 1. The summed E-state index contributed by atoms with van der Waals surface area (Å²) in [7, 11) is -3.56. The number of carbonyl (C=O) groups is 1. The molecule has 17 heavy (non-hydrogen) atoms. The minimum atomic E-state index is -3.56. The number of hydrogen-bond donors (Lipinski definition) is 1. The Balaban J connectivity index is 1.91. The smallest absolute Gasteiger partial charge is 0.259 e. The van der Waals surface area contributed by atoms with E-state index in [0.29, 0.717) is 6.61 Å². The Hall–Kier alpha value is -0.660. The van der Waals surface area contributed by atoms with Gasteiger partial charge in [0.2, 0.25) is 0 Å². The minimum absolute atomic E-state index is 0.195. The summed E-state index contributed by atoms with van der Waals surface area (Å²) in [6.07, 6.45) is 0.660. The first-order valence-electron chi connectivity index (χ1n) is 5.76. The monoisotopic (exact) mass is 260 g/mol. The number of nitrogens with zero attached hydrogens (tertiary/aromatic N) is 1. The topological polar surface area (TPSA) is 89.7 Å². The zero-order valence-corrected chi connectivity index (χ0v) is 10.6. The van der Waals surface area contributed by atoms with Crippen molar-refractivity contribution in [3.05, 3.63) is 0 Å². The summed E-state index contributed by atoms with van der Waals surface area (Å²) in [5.74, 6) is -0.168. The Morgan fingerprint density at radius 2 is 2.12 bits per heavy atom. The molecule has 3 rings (SSSR count). The molecule has 2 saturated heterocycles. The molecule has 0 aromatic heterocycles. The summed E-state index contributed by atoms with van der Waals surface area (Å²) in [6.45, 7) is 3.46. The summed E-state index contributed by atoms with van der Waals surface area (Å²) >= 11 is 0. The van der Waals surface area contributed by atoms with Gasteiger partial charge in [0.1, 0.15) is 0 Å². The summed E-state index contributed by atoms with van der Waals surface area (Å²) < 4.78 is 29.2. The summed E-state index contributed by atoms with van der Waals surface area (Å²) in [5.41, 5.74) is 5.95. The predicted octanol–water partition coefficient (Wildman–Crippen LogP) is -0.948. The second kappa shape index (κ2) is 3.02.